The maximum Gasteiger partial charge on any atom is 0.164 e. The smallest absolute Gasteiger partial charge is 0.164 e. The SMILES string of the molecule is CC(C)c1ccc(-c2nnc(CCl)n2C2CC2)cc1. The van der Waals surface area contributed by atoms with Crippen LogP contribution in [-0.2, 0) is 5.88 Å². The molecule has 1 aromatic carbocycles. The Balaban J connectivity index is 1.99. The van der Waals surface area contributed by atoms with E-state index in [2.05, 4.69) is 52.9 Å². The predicted octanol–water partition coefficient (Wildman–Crippen LogP) is 4.14. The second-order valence-corrected chi connectivity index (χ2v) is 5.72. The quantitative estimate of drug-likeness (QED) is 0.785. The van der Waals surface area contributed by atoms with Gasteiger partial charge in [0.1, 0.15) is 5.82 Å². The maximum atomic E-state index is 5.95. The highest BCUT2D eigenvalue weighted by Crippen LogP contribution is 2.39. The summed E-state index contributed by atoms with van der Waals surface area (Å²) in [5, 5.41) is 8.53. The third-order valence-electron chi connectivity index (χ3n) is 3.63. The molecule has 1 aliphatic carbocycles. The lowest BCUT2D eigenvalue weighted by Gasteiger charge is -2.09. The van der Waals surface area contributed by atoms with Gasteiger partial charge < -0.3 is 4.57 Å². The van der Waals surface area contributed by atoms with Crippen LogP contribution < -0.4 is 0 Å². The molecule has 19 heavy (non-hydrogen) atoms. The molecule has 0 atom stereocenters. The van der Waals surface area contributed by atoms with Crippen LogP contribution >= 0.6 is 11.6 Å². The fraction of sp³-hybridized carbons (Fsp3) is 0.467. The molecule has 0 aliphatic heterocycles. The first-order valence-corrected chi connectivity index (χ1v) is 7.34. The highest BCUT2D eigenvalue weighted by molar-refractivity contribution is 6.16. The lowest BCUT2D eigenvalue weighted by molar-refractivity contribution is 0.712. The van der Waals surface area contributed by atoms with Crippen molar-refractivity contribution in [3.8, 4) is 11.4 Å². The van der Waals surface area contributed by atoms with Gasteiger partial charge in [-0.15, -0.1) is 21.8 Å². The van der Waals surface area contributed by atoms with Gasteiger partial charge in [0.15, 0.2) is 5.82 Å². The van der Waals surface area contributed by atoms with Gasteiger partial charge in [-0.05, 0) is 24.3 Å². The van der Waals surface area contributed by atoms with Gasteiger partial charge in [-0.25, -0.2) is 0 Å². The molecule has 4 heteroatoms. The molecule has 0 N–H and O–H groups in total. The summed E-state index contributed by atoms with van der Waals surface area (Å²) in [4.78, 5) is 0. The van der Waals surface area contributed by atoms with E-state index in [4.69, 9.17) is 11.6 Å². The van der Waals surface area contributed by atoms with E-state index in [1.165, 1.54) is 18.4 Å². The van der Waals surface area contributed by atoms with Gasteiger partial charge in [0.2, 0.25) is 0 Å². The summed E-state index contributed by atoms with van der Waals surface area (Å²) in [6.07, 6.45) is 2.41. The number of nitrogens with zero attached hydrogens (tertiary/aromatic N) is 3. The average Bonchev–Trinajstić information content (AvgIpc) is 3.17. The minimum Gasteiger partial charge on any atom is -0.307 e. The molecule has 0 bridgehead atoms. The third-order valence-corrected chi connectivity index (χ3v) is 3.87. The Labute approximate surface area is 118 Å². The maximum absolute atomic E-state index is 5.95. The van der Waals surface area contributed by atoms with Crippen molar-refractivity contribution in [3.63, 3.8) is 0 Å². The Bertz CT molecular complexity index is 568. The van der Waals surface area contributed by atoms with Crippen molar-refractivity contribution in [2.75, 3.05) is 0 Å². The van der Waals surface area contributed by atoms with Crippen molar-refractivity contribution in [3.05, 3.63) is 35.7 Å². The van der Waals surface area contributed by atoms with E-state index in [9.17, 15) is 0 Å². The summed E-state index contributed by atoms with van der Waals surface area (Å²) >= 11 is 5.95. The largest absolute Gasteiger partial charge is 0.307 e. The third kappa shape index (κ3) is 2.39. The standard InChI is InChI=1S/C15H18ClN3/c1-10(2)11-3-5-12(6-4-11)15-18-17-14(9-16)19(15)13-7-8-13/h3-6,10,13H,7-9H2,1-2H3. The lowest BCUT2D eigenvalue weighted by Crippen LogP contribution is -2.02. The topological polar surface area (TPSA) is 30.7 Å². The molecule has 1 fully saturated rings. The molecule has 0 saturated heterocycles. The molecule has 0 radical (unpaired) electrons. The zero-order valence-corrected chi connectivity index (χ0v) is 12.1. The van der Waals surface area contributed by atoms with Crippen LogP contribution in [0.15, 0.2) is 24.3 Å². The number of hydrogen-bond acceptors (Lipinski definition) is 2. The van der Waals surface area contributed by atoms with Crippen molar-refractivity contribution < 1.29 is 0 Å². The van der Waals surface area contributed by atoms with E-state index in [0.717, 1.165) is 17.2 Å². The van der Waals surface area contributed by atoms with Crippen LogP contribution in [0.3, 0.4) is 0 Å². The first kappa shape index (κ1) is 12.7. The second-order valence-electron chi connectivity index (χ2n) is 5.45. The minimum atomic E-state index is 0.424. The number of alkyl halides is 1. The Morgan fingerprint density at radius 3 is 2.42 bits per heavy atom. The van der Waals surface area contributed by atoms with Crippen molar-refractivity contribution in [1.82, 2.24) is 14.8 Å². The van der Waals surface area contributed by atoms with E-state index < -0.39 is 0 Å². The van der Waals surface area contributed by atoms with Gasteiger partial charge in [0.25, 0.3) is 0 Å². The number of rotatable bonds is 4. The fourth-order valence-corrected chi connectivity index (χ4v) is 2.53. The number of hydrogen-bond donors (Lipinski definition) is 0. The van der Waals surface area contributed by atoms with E-state index in [1.807, 2.05) is 0 Å². The molecule has 3 nitrogen and oxygen atoms in total. The fourth-order valence-electron chi connectivity index (χ4n) is 2.35. The van der Waals surface area contributed by atoms with Crippen LogP contribution in [0.2, 0.25) is 0 Å². The van der Waals surface area contributed by atoms with Gasteiger partial charge >= 0.3 is 0 Å². The summed E-state index contributed by atoms with van der Waals surface area (Å²) in [5.41, 5.74) is 2.47. The normalized spacial score (nSPS) is 15.2. The van der Waals surface area contributed by atoms with Crippen molar-refractivity contribution in [2.24, 2.45) is 0 Å². The van der Waals surface area contributed by atoms with E-state index in [1.54, 1.807) is 0 Å². The van der Waals surface area contributed by atoms with Crippen molar-refractivity contribution in [1.29, 1.82) is 0 Å². The Kier molecular flexibility index (Phi) is 3.31. The molecule has 2 aromatic rings. The van der Waals surface area contributed by atoms with Crippen LogP contribution in [-0.4, -0.2) is 14.8 Å². The monoisotopic (exact) mass is 275 g/mol. The molecule has 3 rings (SSSR count). The van der Waals surface area contributed by atoms with Gasteiger partial charge in [-0.3, -0.25) is 0 Å². The molecule has 0 amide bonds. The second kappa shape index (κ2) is 4.97. The van der Waals surface area contributed by atoms with Crippen LogP contribution in [0.25, 0.3) is 11.4 Å². The molecule has 1 aromatic heterocycles. The molecule has 0 unspecified atom stereocenters. The minimum absolute atomic E-state index is 0.424. The number of benzene rings is 1. The molecular formula is C15H18ClN3. The summed E-state index contributed by atoms with van der Waals surface area (Å²) in [7, 11) is 0. The number of aromatic nitrogens is 3. The molecule has 1 aliphatic rings. The molecule has 1 saturated carbocycles. The Hall–Kier alpha value is -1.35. The molecule has 0 spiro atoms. The van der Waals surface area contributed by atoms with Crippen molar-refractivity contribution >= 4 is 11.6 Å². The number of halogens is 1. The molecule has 1 heterocycles. The zero-order chi connectivity index (χ0) is 13.4. The molecular weight excluding hydrogens is 258 g/mol. The Morgan fingerprint density at radius 1 is 1.21 bits per heavy atom. The van der Waals surface area contributed by atoms with Gasteiger partial charge in [0, 0.05) is 11.6 Å². The zero-order valence-electron chi connectivity index (χ0n) is 11.3. The predicted molar refractivity (Wildman–Crippen MR) is 77.4 cm³/mol. The first-order valence-electron chi connectivity index (χ1n) is 6.80. The summed E-state index contributed by atoms with van der Waals surface area (Å²) < 4.78 is 2.21. The van der Waals surface area contributed by atoms with Crippen molar-refractivity contribution in [2.45, 2.75) is 44.5 Å². The summed E-state index contributed by atoms with van der Waals surface area (Å²) in [5.74, 6) is 2.81. The average molecular weight is 276 g/mol. The summed E-state index contributed by atoms with van der Waals surface area (Å²) in [6.45, 7) is 4.40. The lowest BCUT2D eigenvalue weighted by atomic mass is 10.0. The first-order chi connectivity index (χ1) is 9.20. The van der Waals surface area contributed by atoms with Crippen LogP contribution in [0, 0.1) is 0 Å². The van der Waals surface area contributed by atoms with Crippen LogP contribution in [0.1, 0.15) is 50.0 Å². The van der Waals surface area contributed by atoms with E-state index in [-0.39, 0.29) is 0 Å². The highest BCUT2D eigenvalue weighted by Gasteiger charge is 2.29. The van der Waals surface area contributed by atoms with Gasteiger partial charge in [0.05, 0.1) is 5.88 Å². The van der Waals surface area contributed by atoms with Gasteiger partial charge in [-0.2, -0.15) is 0 Å². The van der Waals surface area contributed by atoms with E-state index >= 15 is 0 Å². The summed E-state index contributed by atoms with van der Waals surface area (Å²) in [6, 6.07) is 9.16. The Morgan fingerprint density at radius 2 is 1.89 bits per heavy atom. The van der Waals surface area contributed by atoms with Crippen LogP contribution in [0.5, 0.6) is 0 Å². The molecule has 100 valence electrons. The van der Waals surface area contributed by atoms with Crippen LogP contribution in [0.4, 0.5) is 0 Å². The van der Waals surface area contributed by atoms with E-state index in [0.29, 0.717) is 17.8 Å². The van der Waals surface area contributed by atoms with Gasteiger partial charge in [-0.1, -0.05) is 38.1 Å². The highest BCUT2D eigenvalue weighted by atomic mass is 35.5.